The number of rotatable bonds is 14. The molecule has 0 fully saturated rings. The molecule has 0 aromatic heterocycles. The Morgan fingerprint density at radius 2 is 1.31 bits per heavy atom. The van der Waals surface area contributed by atoms with E-state index in [0.717, 1.165) is 29.4 Å². The Hall–Kier alpha value is -3.34. The van der Waals surface area contributed by atoms with Crippen LogP contribution in [-0.4, -0.2) is 24.6 Å². The predicted octanol–water partition coefficient (Wildman–Crippen LogP) is 8.14. The summed E-state index contributed by atoms with van der Waals surface area (Å²) < 4.78 is 16.8. The van der Waals surface area contributed by atoms with Crippen LogP contribution in [0.15, 0.2) is 60.7 Å². The third-order valence-electron chi connectivity index (χ3n) is 6.25. The summed E-state index contributed by atoms with van der Waals surface area (Å²) in [5.74, 6) is 0.436. The summed E-state index contributed by atoms with van der Waals surface area (Å²) in [4.78, 5) is 24.9. The third-order valence-corrected chi connectivity index (χ3v) is 6.25. The zero-order valence-electron chi connectivity index (χ0n) is 21.8. The highest BCUT2D eigenvalue weighted by Gasteiger charge is 2.13. The first-order valence-electron chi connectivity index (χ1n) is 13.2. The number of benzene rings is 3. The van der Waals surface area contributed by atoms with E-state index in [0.29, 0.717) is 23.5 Å². The first kappa shape index (κ1) is 27.3. The van der Waals surface area contributed by atoms with E-state index in [1.807, 2.05) is 26.0 Å². The van der Waals surface area contributed by atoms with E-state index in [-0.39, 0.29) is 12.1 Å². The highest BCUT2D eigenvalue weighted by molar-refractivity contribution is 5.96. The van der Waals surface area contributed by atoms with Crippen LogP contribution in [0.25, 0.3) is 10.8 Å². The third kappa shape index (κ3) is 8.40. The van der Waals surface area contributed by atoms with Crippen molar-refractivity contribution >= 4 is 22.7 Å². The maximum Gasteiger partial charge on any atom is 0.343 e. The molecule has 3 aromatic carbocycles. The van der Waals surface area contributed by atoms with Gasteiger partial charge in [-0.3, -0.25) is 0 Å². The van der Waals surface area contributed by atoms with Crippen LogP contribution in [0.3, 0.4) is 0 Å². The quantitative estimate of drug-likeness (QED) is 0.130. The fourth-order valence-electron chi connectivity index (χ4n) is 3.85. The van der Waals surface area contributed by atoms with Crippen LogP contribution >= 0.6 is 0 Å². The molecule has 36 heavy (non-hydrogen) atoms. The predicted molar refractivity (Wildman–Crippen MR) is 144 cm³/mol. The Balaban J connectivity index is 1.50. The normalized spacial score (nSPS) is 11.8. The van der Waals surface area contributed by atoms with Crippen LogP contribution < -0.4 is 9.47 Å². The molecule has 192 valence electrons. The molecule has 0 N–H and O–H groups in total. The number of carbonyl (C=O) groups excluding carboxylic acids is 2. The minimum absolute atomic E-state index is 0.124. The fourth-order valence-corrected chi connectivity index (χ4v) is 3.85. The molecule has 0 unspecified atom stereocenters. The van der Waals surface area contributed by atoms with Crippen molar-refractivity contribution in [2.45, 2.75) is 78.2 Å². The lowest BCUT2D eigenvalue weighted by atomic mass is 10.1. The number of esters is 2. The molecule has 0 heterocycles. The first-order valence-corrected chi connectivity index (χ1v) is 13.2. The lowest BCUT2D eigenvalue weighted by Crippen LogP contribution is -2.13. The zero-order valence-corrected chi connectivity index (χ0v) is 21.8. The van der Waals surface area contributed by atoms with E-state index in [9.17, 15) is 9.59 Å². The molecule has 0 bridgehead atoms. The Morgan fingerprint density at radius 3 is 2.03 bits per heavy atom. The molecule has 0 amide bonds. The van der Waals surface area contributed by atoms with Crippen molar-refractivity contribution in [3.8, 4) is 11.5 Å². The lowest BCUT2D eigenvalue weighted by Gasteiger charge is -2.11. The van der Waals surface area contributed by atoms with Crippen molar-refractivity contribution in [1.82, 2.24) is 0 Å². The standard InChI is InChI=1S/C31H38O5/c1-4-6-7-8-9-10-11-20-34-28-17-14-24(15-18-28)30(32)36-29-19-16-25-21-27(13-12-26(25)22-29)31(33)35-23(3)5-2/h12-19,21-23H,4-11,20H2,1-3H3/t23-/m1/s1. The van der Waals surface area contributed by atoms with Crippen molar-refractivity contribution in [2.24, 2.45) is 0 Å². The average Bonchev–Trinajstić information content (AvgIpc) is 2.90. The largest absolute Gasteiger partial charge is 0.494 e. The Labute approximate surface area is 214 Å². The molecule has 0 aliphatic rings. The highest BCUT2D eigenvalue weighted by atomic mass is 16.5. The topological polar surface area (TPSA) is 61.8 Å². The Morgan fingerprint density at radius 1 is 0.694 bits per heavy atom. The van der Waals surface area contributed by atoms with Gasteiger partial charge in [0.25, 0.3) is 0 Å². The molecule has 5 nitrogen and oxygen atoms in total. The second-order valence-electron chi connectivity index (χ2n) is 9.23. The first-order chi connectivity index (χ1) is 17.5. The van der Waals surface area contributed by atoms with E-state index >= 15 is 0 Å². The van der Waals surface area contributed by atoms with Gasteiger partial charge in [0.1, 0.15) is 11.5 Å². The van der Waals surface area contributed by atoms with Gasteiger partial charge in [-0.05, 0) is 79.1 Å². The van der Waals surface area contributed by atoms with E-state index < -0.39 is 5.97 Å². The number of unbranched alkanes of at least 4 members (excludes halogenated alkanes) is 6. The van der Waals surface area contributed by atoms with Crippen molar-refractivity contribution in [2.75, 3.05) is 6.61 Å². The molecule has 1 atom stereocenters. The summed E-state index contributed by atoms with van der Waals surface area (Å²) in [5, 5.41) is 1.74. The molecule has 0 saturated heterocycles. The SMILES string of the molecule is CCCCCCCCCOc1ccc(C(=O)Oc2ccc3cc(C(=O)O[C@H](C)CC)ccc3c2)cc1. The summed E-state index contributed by atoms with van der Waals surface area (Å²) in [6, 6.07) is 17.7. The summed E-state index contributed by atoms with van der Waals surface area (Å²) in [5.41, 5.74) is 0.961. The second kappa shape index (κ2) is 14.3. The smallest absolute Gasteiger partial charge is 0.343 e. The number of fused-ring (bicyclic) bond motifs is 1. The maximum atomic E-state index is 12.6. The summed E-state index contributed by atoms with van der Waals surface area (Å²) >= 11 is 0. The van der Waals surface area contributed by atoms with Crippen molar-refractivity contribution < 1.29 is 23.8 Å². The summed E-state index contributed by atoms with van der Waals surface area (Å²) in [7, 11) is 0. The van der Waals surface area contributed by atoms with E-state index in [1.165, 1.54) is 38.5 Å². The van der Waals surface area contributed by atoms with Crippen LogP contribution in [0.4, 0.5) is 0 Å². The molecular formula is C31H38O5. The molecule has 3 rings (SSSR count). The lowest BCUT2D eigenvalue weighted by molar-refractivity contribution is 0.0334. The average molecular weight is 491 g/mol. The van der Waals surface area contributed by atoms with Crippen molar-refractivity contribution in [3.63, 3.8) is 0 Å². The van der Waals surface area contributed by atoms with Gasteiger partial charge in [0, 0.05) is 0 Å². The molecule has 0 saturated carbocycles. The molecule has 3 aromatic rings. The van der Waals surface area contributed by atoms with Crippen LogP contribution in [0.2, 0.25) is 0 Å². The van der Waals surface area contributed by atoms with Crippen molar-refractivity contribution in [1.29, 1.82) is 0 Å². The van der Waals surface area contributed by atoms with Gasteiger partial charge in [0.15, 0.2) is 0 Å². The summed E-state index contributed by atoms with van der Waals surface area (Å²) in [6.45, 7) is 6.76. The molecule has 0 radical (unpaired) electrons. The zero-order chi connectivity index (χ0) is 25.8. The molecule has 0 aliphatic carbocycles. The van der Waals surface area contributed by atoms with Gasteiger partial charge < -0.3 is 14.2 Å². The van der Waals surface area contributed by atoms with Gasteiger partial charge in [-0.1, -0.05) is 64.5 Å². The minimum Gasteiger partial charge on any atom is -0.494 e. The molecular weight excluding hydrogens is 452 g/mol. The Kier molecular flexibility index (Phi) is 10.8. The number of ether oxygens (including phenoxy) is 3. The number of hydrogen-bond donors (Lipinski definition) is 0. The van der Waals surface area contributed by atoms with Crippen LogP contribution in [0.1, 0.15) is 92.9 Å². The van der Waals surface area contributed by atoms with Crippen LogP contribution in [0, 0.1) is 0 Å². The second-order valence-corrected chi connectivity index (χ2v) is 9.23. The van der Waals surface area contributed by atoms with E-state index in [4.69, 9.17) is 14.2 Å². The van der Waals surface area contributed by atoms with Gasteiger partial charge in [-0.15, -0.1) is 0 Å². The number of hydrogen-bond acceptors (Lipinski definition) is 5. The Bertz CT molecular complexity index is 1120. The maximum absolute atomic E-state index is 12.6. The fraction of sp³-hybridized carbons (Fsp3) is 0.419. The van der Waals surface area contributed by atoms with Crippen LogP contribution in [0.5, 0.6) is 11.5 Å². The van der Waals surface area contributed by atoms with Gasteiger partial charge in [-0.2, -0.15) is 0 Å². The summed E-state index contributed by atoms with van der Waals surface area (Å²) in [6.07, 6.45) is 9.34. The van der Waals surface area contributed by atoms with Crippen molar-refractivity contribution in [3.05, 3.63) is 71.8 Å². The number of carbonyl (C=O) groups is 2. The monoisotopic (exact) mass is 490 g/mol. The highest BCUT2D eigenvalue weighted by Crippen LogP contribution is 2.24. The molecule has 0 spiro atoms. The van der Waals surface area contributed by atoms with Gasteiger partial charge in [0.2, 0.25) is 0 Å². The van der Waals surface area contributed by atoms with Gasteiger partial charge in [0.05, 0.1) is 23.8 Å². The molecule has 0 aliphatic heterocycles. The molecule has 5 heteroatoms. The van der Waals surface area contributed by atoms with E-state index in [1.54, 1.807) is 48.5 Å². The van der Waals surface area contributed by atoms with Gasteiger partial charge in [-0.25, -0.2) is 9.59 Å². The van der Waals surface area contributed by atoms with Crippen LogP contribution in [-0.2, 0) is 4.74 Å². The van der Waals surface area contributed by atoms with E-state index in [2.05, 4.69) is 6.92 Å². The minimum atomic E-state index is -0.429. The van der Waals surface area contributed by atoms with Gasteiger partial charge >= 0.3 is 11.9 Å².